The number of carbonyl (C=O) groups excluding carboxylic acids is 2. The van der Waals surface area contributed by atoms with E-state index in [2.05, 4.69) is 19.9 Å². The Balaban J connectivity index is 1.62. The molecule has 2 saturated carbocycles. The Labute approximate surface area is 166 Å². The second-order valence-corrected chi connectivity index (χ2v) is 9.44. The minimum absolute atomic E-state index is 0.0628. The number of ether oxygens (including phenoxy) is 1. The van der Waals surface area contributed by atoms with Crippen LogP contribution in [0, 0.1) is 28.6 Å². The number of allylic oxidation sites excluding steroid dienone is 5. The molecule has 0 aliphatic heterocycles. The summed E-state index contributed by atoms with van der Waals surface area (Å²) in [6, 6.07) is 0. The number of hydrogen-bond donors (Lipinski definition) is 2. The number of fused-ring (bicyclic) bond motifs is 5. The van der Waals surface area contributed by atoms with Crippen molar-refractivity contribution in [3.05, 3.63) is 35.5 Å². The SMILES string of the molecule is CC(=O)OCC(O)C1=CC=C2[C@@H]3CCC4CC(=O)C=C[C@]4(C)[C@H]3[C@@H](O)C[C@]12C. The number of esters is 1. The largest absolute Gasteiger partial charge is 0.463 e. The van der Waals surface area contributed by atoms with Gasteiger partial charge in [0.1, 0.15) is 12.7 Å². The molecule has 5 heteroatoms. The molecule has 0 saturated heterocycles. The Morgan fingerprint density at radius 2 is 2.07 bits per heavy atom. The number of carbonyl (C=O) groups is 2. The Kier molecular flexibility index (Phi) is 4.66. The van der Waals surface area contributed by atoms with Crippen molar-refractivity contribution >= 4 is 11.8 Å². The summed E-state index contributed by atoms with van der Waals surface area (Å²) >= 11 is 0. The van der Waals surface area contributed by atoms with Crippen LogP contribution >= 0.6 is 0 Å². The fourth-order valence-corrected chi connectivity index (χ4v) is 6.55. The summed E-state index contributed by atoms with van der Waals surface area (Å²) in [7, 11) is 0. The van der Waals surface area contributed by atoms with Crippen LogP contribution < -0.4 is 0 Å². The standard InChI is InChI=1S/C23H30O5/c1-13(24)28-12-20(27)18-7-6-17-16-5-4-14-10-15(25)8-9-22(14,2)21(16)19(26)11-23(17,18)3/h6-9,14,16,19-21,26-27H,4-5,10-12H2,1-3H3/t14?,16-,19-,20?,21+,22-,23-/m0/s1. The minimum atomic E-state index is -0.870. The van der Waals surface area contributed by atoms with Crippen molar-refractivity contribution in [2.24, 2.45) is 28.6 Å². The quantitative estimate of drug-likeness (QED) is 0.729. The zero-order chi connectivity index (χ0) is 20.3. The molecule has 152 valence electrons. The van der Waals surface area contributed by atoms with Crippen LogP contribution in [0.5, 0.6) is 0 Å². The number of aliphatic hydroxyl groups is 2. The molecule has 0 radical (unpaired) electrons. The molecule has 2 N–H and O–H groups in total. The van der Waals surface area contributed by atoms with Crippen LogP contribution in [0.2, 0.25) is 0 Å². The summed E-state index contributed by atoms with van der Waals surface area (Å²) in [6.07, 6.45) is 9.46. The molecule has 4 rings (SSSR count). The average Bonchev–Trinajstić information content (AvgIpc) is 2.96. The van der Waals surface area contributed by atoms with Gasteiger partial charge in [-0.05, 0) is 48.2 Å². The molecule has 0 aromatic carbocycles. The van der Waals surface area contributed by atoms with Gasteiger partial charge in [-0.3, -0.25) is 9.59 Å². The lowest BCUT2D eigenvalue weighted by molar-refractivity contribution is -0.143. The highest BCUT2D eigenvalue weighted by atomic mass is 16.5. The predicted molar refractivity (Wildman–Crippen MR) is 104 cm³/mol. The van der Waals surface area contributed by atoms with Gasteiger partial charge in [0, 0.05) is 24.7 Å². The van der Waals surface area contributed by atoms with E-state index >= 15 is 0 Å². The topological polar surface area (TPSA) is 83.8 Å². The third-order valence-electron chi connectivity index (χ3n) is 7.89. The van der Waals surface area contributed by atoms with E-state index in [0.717, 1.165) is 18.4 Å². The fourth-order valence-electron chi connectivity index (χ4n) is 6.55. The lowest BCUT2D eigenvalue weighted by Gasteiger charge is -2.58. The van der Waals surface area contributed by atoms with E-state index in [1.54, 1.807) is 6.08 Å². The molecule has 28 heavy (non-hydrogen) atoms. The molecule has 4 aliphatic rings. The first kappa shape index (κ1) is 19.6. The summed E-state index contributed by atoms with van der Waals surface area (Å²) in [5.41, 5.74) is 1.49. The van der Waals surface area contributed by atoms with E-state index in [1.807, 2.05) is 12.2 Å². The normalized spacial score (nSPS) is 42.7. The van der Waals surface area contributed by atoms with Gasteiger partial charge in [0.05, 0.1) is 6.10 Å². The van der Waals surface area contributed by atoms with Crippen molar-refractivity contribution in [2.75, 3.05) is 6.61 Å². The summed E-state index contributed by atoms with van der Waals surface area (Å²) in [6.45, 7) is 5.55. The summed E-state index contributed by atoms with van der Waals surface area (Å²) < 4.78 is 5.01. The summed E-state index contributed by atoms with van der Waals surface area (Å²) in [4.78, 5) is 23.1. The average molecular weight is 386 g/mol. The Morgan fingerprint density at radius 3 is 2.79 bits per heavy atom. The summed E-state index contributed by atoms with van der Waals surface area (Å²) in [5, 5.41) is 21.9. The molecule has 0 bridgehead atoms. The van der Waals surface area contributed by atoms with Crippen LogP contribution in [0.15, 0.2) is 35.5 Å². The van der Waals surface area contributed by atoms with E-state index in [1.165, 1.54) is 12.5 Å². The zero-order valence-electron chi connectivity index (χ0n) is 16.9. The van der Waals surface area contributed by atoms with Crippen molar-refractivity contribution < 1.29 is 24.5 Å². The number of aliphatic hydroxyl groups excluding tert-OH is 2. The van der Waals surface area contributed by atoms with Gasteiger partial charge in [-0.2, -0.15) is 0 Å². The van der Waals surface area contributed by atoms with E-state index < -0.39 is 23.6 Å². The number of hydrogen-bond acceptors (Lipinski definition) is 5. The first-order chi connectivity index (χ1) is 13.2. The molecule has 5 nitrogen and oxygen atoms in total. The van der Waals surface area contributed by atoms with Gasteiger partial charge < -0.3 is 14.9 Å². The second kappa shape index (κ2) is 6.67. The van der Waals surface area contributed by atoms with Gasteiger partial charge in [0.2, 0.25) is 0 Å². The Morgan fingerprint density at radius 1 is 1.32 bits per heavy atom. The van der Waals surface area contributed by atoms with Gasteiger partial charge in [-0.25, -0.2) is 0 Å². The van der Waals surface area contributed by atoms with Gasteiger partial charge in [0.15, 0.2) is 5.78 Å². The Hall–Kier alpha value is -1.72. The minimum Gasteiger partial charge on any atom is -0.463 e. The van der Waals surface area contributed by atoms with Crippen LogP contribution in [0.3, 0.4) is 0 Å². The smallest absolute Gasteiger partial charge is 0.302 e. The highest BCUT2D eigenvalue weighted by Crippen LogP contribution is 2.64. The van der Waals surface area contributed by atoms with Crippen LogP contribution in [0.4, 0.5) is 0 Å². The lowest BCUT2D eigenvalue weighted by atomic mass is 9.46. The molecule has 0 aromatic heterocycles. The maximum Gasteiger partial charge on any atom is 0.302 e. The van der Waals surface area contributed by atoms with Crippen LogP contribution in [-0.4, -0.2) is 40.8 Å². The van der Waals surface area contributed by atoms with E-state index in [4.69, 9.17) is 4.74 Å². The van der Waals surface area contributed by atoms with Crippen molar-refractivity contribution in [2.45, 2.75) is 58.7 Å². The van der Waals surface area contributed by atoms with E-state index in [-0.39, 0.29) is 35.6 Å². The van der Waals surface area contributed by atoms with Crippen molar-refractivity contribution in [1.82, 2.24) is 0 Å². The third-order valence-corrected chi connectivity index (χ3v) is 7.89. The third kappa shape index (κ3) is 2.82. The monoisotopic (exact) mass is 386 g/mol. The Bertz CT molecular complexity index is 793. The summed E-state index contributed by atoms with van der Waals surface area (Å²) in [5.74, 6) is 0.364. The van der Waals surface area contributed by atoms with Crippen molar-refractivity contribution in [3.63, 3.8) is 0 Å². The van der Waals surface area contributed by atoms with Crippen LogP contribution in [-0.2, 0) is 14.3 Å². The zero-order valence-corrected chi connectivity index (χ0v) is 16.9. The van der Waals surface area contributed by atoms with Crippen LogP contribution in [0.1, 0.15) is 46.5 Å². The molecule has 2 fully saturated rings. The molecule has 7 atom stereocenters. The molecule has 0 heterocycles. The van der Waals surface area contributed by atoms with Gasteiger partial charge in [-0.1, -0.05) is 37.6 Å². The van der Waals surface area contributed by atoms with Crippen molar-refractivity contribution in [1.29, 1.82) is 0 Å². The molecule has 0 spiro atoms. The van der Waals surface area contributed by atoms with Gasteiger partial charge >= 0.3 is 5.97 Å². The molecule has 2 unspecified atom stereocenters. The highest BCUT2D eigenvalue weighted by Gasteiger charge is 2.59. The number of rotatable bonds is 3. The van der Waals surface area contributed by atoms with Gasteiger partial charge in [-0.15, -0.1) is 0 Å². The highest BCUT2D eigenvalue weighted by molar-refractivity contribution is 5.91. The van der Waals surface area contributed by atoms with E-state index in [9.17, 15) is 19.8 Å². The number of ketones is 1. The van der Waals surface area contributed by atoms with Crippen molar-refractivity contribution in [3.8, 4) is 0 Å². The predicted octanol–water partition coefficient (Wildman–Crippen LogP) is 2.73. The molecule has 0 amide bonds. The molecule has 0 aromatic rings. The van der Waals surface area contributed by atoms with Gasteiger partial charge in [0.25, 0.3) is 0 Å². The first-order valence-corrected chi connectivity index (χ1v) is 10.3. The van der Waals surface area contributed by atoms with E-state index in [0.29, 0.717) is 12.8 Å². The second-order valence-electron chi connectivity index (χ2n) is 9.44. The lowest BCUT2D eigenvalue weighted by Crippen LogP contribution is -2.55. The maximum atomic E-state index is 11.9. The molecular weight excluding hydrogens is 356 g/mol. The molecular formula is C23H30O5. The molecule has 4 aliphatic carbocycles. The maximum absolute atomic E-state index is 11.9. The fraction of sp³-hybridized carbons (Fsp3) is 0.652. The first-order valence-electron chi connectivity index (χ1n) is 10.3. The van der Waals surface area contributed by atoms with Crippen LogP contribution in [0.25, 0.3) is 0 Å².